The second kappa shape index (κ2) is 15.2. The molecule has 0 atom stereocenters. The fourth-order valence-corrected chi connectivity index (χ4v) is 0.456. The number of aliphatic hydroxyl groups excluding tert-OH is 5. The highest BCUT2D eigenvalue weighted by molar-refractivity contribution is 4.49. The third kappa shape index (κ3) is 14.3. The van der Waals surface area contributed by atoms with Crippen molar-refractivity contribution >= 4 is 0 Å². The Kier molecular flexibility index (Phi) is 17.6. The summed E-state index contributed by atoms with van der Waals surface area (Å²) in [6.45, 7) is 0.980. The van der Waals surface area contributed by atoms with Crippen molar-refractivity contribution in [2.45, 2.75) is 0 Å². The van der Waals surface area contributed by atoms with E-state index in [9.17, 15) is 0 Å². The molecule has 0 aliphatic carbocycles. The average Bonchev–Trinajstić information content (AvgIpc) is 2.22. The van der Waals surface area contributed by atoms with Gasteiger partial charge in [-0.2, -0.15) is 0 Å². The molecule has 0 aromatic heterocycles. The summed E-state index contributed by atoms with van der Waals surface area (Å²) >= 11 is 0. The minimum atomic E-state index is -0.347. The molecule has 14 heavy (non-hydrogen) atoms. The van der Waals surface area contributed by atoms with Crippen molar-refractivity contribution in [1.82, 2.24) is 5.32 Å². The number of aliphatic hydroxyl groups is 5. The van der Waals surface area contributed by atoms with Crippen LogP contribution in [-0.2, 0) is 0 Å². The molecule has 0 saturated heterocycles. The summed E-state index contributed by atoms with van der Waals surface area (Å²) in [4.78, 5) is 0. The van der Waals surface area contributed by atoms with Gasteiger partial charge in [-0.3, -0.25) is 0 Å². The maximum absolute atomic E-state index is 8.21. The molecule has 0 fully saturated rings. The Morgan fingerprint density at radius 1 is 0.714 bits per heavy atom. The Bertz CT molecular complexity index is 80.3. The second-order valence-corrected chi connectivity index (χ2v) is 2.61. The predicted molar refractivity (Wildman–Crippen MR) is 51.8 cm³/mol. The van der Waals surface area contributed by atoms with Crippen LogP contribution in [0.2, 0.25) is 0 Å². The highest BCUT2D eigenvalue weighted by atomic mass is 16.3. The van der Waals surface area contributed by atoms with E-state index in [1.165, 1.54) is 0 Å². The lowest BCUT2D eigenvalue weighted by Crippen LogP contribution is -2.21. The van der Waals surface area contributed by atoms with Gasteiger partial charge in [-0.25, -0.2) is 0 Å². The average molecular weight is 211 g/mol. The van der Waals surface area contributed by atoms with E-state index in [0.717, 1.165) is 0 Å². The SMILES string of the molecule is OCC(CO)CO.OCCNCCO. The van der Waals surface area contributed by atoms with Crippen LogP contribution in [0.5, 0.6) is 0 Å². The summed E-state index contributed by atoms with van der Waals surface area (Å²) in [5.41, 5.74) is 0. The van der Waals surface area contributed by atoms with E-state index in [1.54, 1.807) is 0 Å². The molecule has 0 bridgehead atoms. The van der Waals surface area contributed by atoms with E-state index in [2.05, 4.69) is 5.32 Å². The molecule has 0 radical (unpaired) electrons. The molecule has 0 saturated carbocycles. The van der Waals surface area contributed by atoms with Gasteiger partial charge < -0.3 is 30.8 Å². The Hall–Kier alpha value is -0.240. The van der Waals surface area contributed by atoms with Crippen molar-refractivity contribution in [3.63, 3.8) is 0 Å². The summed E-state index contributed by atoms with van der Waals surface area (Å²) in [7, 11) is 0. The molecule has 6 N–H and O–H groups in total. The number of nitrogens with one attached hydrogen (secondary N) is 1. The number of hydrogen-bond acceptors (Lipinski definition) is 6. The smallest absolute Gasteiger partial charge is 0.0555 e. The zero-order chi connectivity index (χ0) is 11.2. The zero-order valence-electron chi connectivity index (χ0n) is 8.26. The summed E-state index contributed by atoms with van der Waals surface area (Å²) in [5, 5.41) is 43.7. The van der Waals surface area contributed by atoms with Gasteiger partial charge in [-0.15, -0.1) is 0 Å². The second-order valence-electron chi connectivity index (χ2n) is 2.61. The normalized spacial score (nSPS) is 9.86. The molecule has 0 aromatic rings. The van der Waals surface area contributed by atoms with Gasteiger partial charge in [-0.1, -0.05) is 0 Å². The lowest BCUT2D eigenvalue weighted by molar-refractivity contribution is 0.0969. The van der Waals surface area contributed by atoms with Gasteiger partial charge in [0.1, 0.15) is 0 Å². The van der Waals surface area contributed by atoms with Crippen LogP contribution in [-0.4, -0.2) is 71.7 Å². The van der Waals surface area contributed by atoms with Crippen molar-refractivity contribution in [3.8, 4) is 0 Å². The molecule has 88 valence electrons. The summed E-state index contributed by atoms with van der Waals surface area (Å²) in [6.07, 6.45) is 0. The molecular formula is C8H21NO5. The monoisotopic (exact) mass is 211 g/mol. The Morgan fingerprint density at radius 2 is 1.07 bits per heavy atom. The summed E-state index contributed by atoms with van der Waals surface area (Å²) in [6, 6.07) is 0. The van der Waals surface area contributed by atoms with Gasteiger partial charge in [0.25, 0.3) is 0 Å². The molecular weight excluding hydrogens is 190 g/mol. The van der Waals surface area contributed by atoms with Gasteiger partial charge in [-0.05, 0) is 0 Å². The minimum Gasteiger partial charge on any atom is -0.396 e. The fourth-order valence-electron chi connectivity index (χ4n) is 0.456. The van der Waals surface area contributed by atoms with E-state index >= 15 is 0 Å². The Morgan fingerprint density at radius 3 is 1.21 bits per heavy atom. The van der Waals surface area contributed by atoms with Crippen LogP contribution >= 0.6 is 0 Å². The topological polar surface area (TPSA) is 113 Å². The molecule has 0 unspecified atom stereocenters. The predicted octanol–water partition coefficient (Wildman–Crippen LogP) is -2.86. The lowest BCUT2D eigenvalue weighted by atomic mass is 10.2. The van der Waals surface area contributed by atoms with Crippen LogP contribution in [0.3, 0.4) is 0 Å². The van der Waals surface area contributed by atoms with E-state index < -0.39 is 0 Å². The largest absolute Gasteiger partial charge is 0.396 e. The highest BCUT2D eigenvalue weighted by Crippen LogP contribution is 1.87. The maximum Gasteiger partial charge on any atom is 0.0555 e. The third-order valence-corrected chi connectivity index (χ3v) is 1.35. The standard InChI is InChI=1S/C4H11NO2.C4H10O3/c6-3-1-5-2-4-7;5-1-4(2-6)3-7/h5-7H,1-4H2;4-7H,1-3H2. The molecule has 0 aliphatic heterocycles. The number of rotatable bonds is 7. The quantitative estimate of drug-likeness (QED) is 0.253. The van der Waals surface area contributed by atoms with E-state index in [-0.39, 0.29) is 39.0 Å². The molecule has 6 nitrogen and oxygen atoms in total. The third-order valence-electron chi connectivity index (χ3n) is 1.35. The van der Waals surface area contributed by atoms with Crippen LogP contribution < -0.4 is 5.32 Å². The van der Waals surface area contributed by atoms with Crippen LogP contribution in [0.25, 0.3) is 0 Å². The molecule has 0 heterocycles. The van der Waals surface area contributed by atoms with Gasteiger partial charge in [0, 0.05) is 19.0 Å². The van der Waals surface area contributed by atoms with E-state index in [4.69, 9.17) is 25.5 Å². The van der Waals surface area contributed by atoms with Crippen molar-refractivity contribution in [1.29, 1.82) is 0 Å². The van der Waals surface area contributed by atoms with Crippen LogP contribution in [0.15, 0.2) is 0 Å². The number of hydrogen-bond donors (Lipinski definition) is 6. The first-order valence-corrected chi connectivity index (χ1v) is 4.51. The minimum absolute atomic E-state index is 0.139. The fraction of sp³-hybridized carbons (Fsp3) is 1.00. The van der Waals surface area contributed by atoms with Crippen molar-refractivity contribution in [3.05, 3.63) is 0 Å². The van der Waals surface area contributed by atoms with Gasteiger partial charge >= 0.3 is 0 Å². The van der Waals surface area contributed by atoms with Crippen molar-refractivity contribution in [2.24, 2.45) is 5.92 Å². The van der Waals surface area contributed by atoms with Gasteiger partial charge in [0.05, 0.1) is 33.0 Å². The lowest BCUT2D eigenvalue weighted by Gasteiger charge is -2.02. The van der Waals surface area contributed by atoms with E-state index in [1.807, 2.05) is 0 Å². The van der Waals surface area contributed by atoms with E-state index in [0.29, 0.717) is 13.1 Å². The Labute approximate surface area is 83.8 Å². The zero-order valence-corrected chi connectivity index (χ0v) is 8.26. The first-order valence-electron chi connectivity index (χ1n) is 4.51. The van der Waals surface area contributed by atoms with Crippen LogP contribution in [0.1, 0.15) is 0 Å². The maximum atomic E-state index is 8.21. The first kappa shape index (κ1) is 16.2. The van der Waals surface area contributed by atoms with Crippen molar-refractivity contribution < 1.29 is 25.5 Å². The highest BCUT2D eigenvalue weighted by Gasteiger charge is 2.00. The van der Waals surface area contributed by atoms with Gasteiger partial charge in [0.2, 0.25) is 0 Å². The summed E-state index contributed by atoms with van der Waals surface area (Å²) in [5.74, 6) is -0.347. The molecule has 0 amide bonds. The van der Waals surface area contributed by atoms with Crippen LogP contribution in [0, 0.1) is 5.92 Å². The molecule has 0 aliphatic rings. The first-order chi connectivity index (χ1) is 6.76. The molecule has 0 rings (SSSR count). The Balaban J connectivity index is 0. The molecule has 0 aromatic carbocycles. The van der Waals surface area contributed by atoms with Crippen LogP contribution in [0.4, 0.5) is 0 Å². The van der Waals surface area contributed by atoms with Gasteiger partial charge in [0.15, 0.2) is 0 Å². The summed E-state index contributed by atoms with van der Waals surface area (Å²) < 4.78 is 0. The molecule has 0 spiro atoms. The molecule has 6 heteroatoms. The van der Waals surface area contributed by atoms with Crippen molar-refractivity contribution in [2.75, 3.05) is 46.1 Å².